The summed E-state index contributed by atoms with van der Waals surface area (Å²) in [5, 5.41) is 32.8. The van der Waals surface area contributed by atoms with E-state index in [1.54, 1.807) is 0 Å². The number of nitrogens with one attached hydrogen (secondary N) is 1. The first-order chi connectivity index (χ1) is 15.9. The lowest BCUT2D eigenvalue weighted by atomic mass is 9.92. The molecule has 178 valence electrons. The van der Waals surface area contributed by atoms with Crippen LogP contribution in [-0.2, 0) is 22.4 Å². The number of carbonyl (C=O) groups excluding carboxylic acids is 2. The number of nitrogens with zero attached hydrogens (tertiary/aromatic N) is 3. The average Bonchev–Trinajstić information content (AvgIpc) is 3.15. The molecule has 2 aromatic carbocycles. The van der Waals surface area contributed by atoms with Crippen LogP contribution in [0.4, 0.5) is 10.1 Å². The van der Waals surface area contributed by atoms with Crippen molar-refractivity contribution in [3.05, 3.63) is 68.6 Å². The van der Waals surface area contributed by atoms with Gasteiger partial charge in [-0.3, -0.25) is 19.7 Å². The molecule has 0 unspecified atom stereocenters. The van der Waals surface area contributed by atoms with Crippen molar-refractivity contribution >= 4 is 40.0 Å². The van der Waals surface area contributed by atoms with E-state index >= 15 is 0 Å². The number of phenols is 1. The van der Waals surface area contributed by atoms with E-state index in [0.29, 0.717) is 11.1 Å². The summed E-state index contributed by atoms with van der Waals surface area (Å²) in [4.78, 5) is 42.0. The van der Waals surface area contributed by atoms with E-state index in [0.717, 1.165) is 21.9 Å². The summed E-state index contributed by atoms with van der Waals surface area (Å²) < 4.78 is 13.8. The number of aromatic nitrogens is 1. The Kier molecular flexibility index (Phi) is 5.70. The smallest absolute Gasteiger partial charge is 0.281 e. The molecule has 3 N–H and O–H groups in total. The van der Waals surface area contributed by atoms with Gasteiger partial charge in [0, 0.05) is 38.2 Å². The van der Waals surface area contributed by atoms with Crippen molar-refractivity contribution in [1.82, 2.24) is 14.8 Å². The highest BCUT2D eigenvalue weighted by molar-refractivity contribution is 6.30. The van der Waals surface area contributed by atoms with Crippen molar-refractivity contribution in [3.8, 4) is 5.75 Å². The molecule has 1 saturated heterocycles. The van der Waals surface area contributed by atoms with Gasteiger partial charge in [0.2, 0.25) is 11.6 Å². The first-order valence-electron chi connectivity index (χ1n) is 10.1. The molecule has 2 atom stereocenters. The molecule has 34 heavy (non-hydrogen) atoms. The van der Waals surface area contributed by atoms with Crippen LogP contribution in [0.2, 0.25) is 5.02 Å². The molecule has 1 aromatic heterocycles. The second-order valence-electron chi connectivity index (χ2n) is 8.26. The number of phenolic OH excluding ortho intramolecular Hbond substituents is 1. The number of halogens is 2. The Morgan fingerprint density at radius 2 is 1.94 bits per heavy atom. The summed E-state index contributed by atoms with van der Waals surface area (Å²) in [5.41, 5.74) is -1.84. The zero-order chi connectivity index (χ0) is 24.9. The Hall–Kier alpha value is -3.70. The Morgan fingerprint density at radius 3 is 2.59 bits per heavy atom. The quantitative estimate of drug-likeness (QED) is 0.370. The molecule has 0 aliphatic carbocycles. The number of rotatable bonds is 5. The van der Waals surface area contributed by atoms with Crippen LogP contribution < -0.4 is 0 Å². The minimum Gasteiger partial charge on any atom is -0.508 e. The fourth-order valence-electron chi connectivity index (χ4n) is 4.37. The number of piperazine rings is 1. The van der Waals surface area contributed by atoms with E-state index in [9.17, 15) is 34.3 Å². The van der Waals surface area contributed by atoms with Gasteiger partial charge in [-0.2, -0.15) is 0 Å². The Balaban J connectivity index is 1.68. The molecule has 2 amide bonds. The maximum absolute atomic E-state index is 13.8. The second kappa shape index (κ2) is 8.26. The number of likely N-dealkylation sites (N-methyl/N-ethyl adjacent to an activating group) is 2. The van der Waals surface area contributed by atoms with Gasteiger partial charge < -0.3 is 25.0 Å². The second-order valence-corrected chi connectivity index (χ2v) is 8.70. The van der Waals surface area contributed by atoms with Gasteiger partial charge in [0.1, 0.15) is 17.6 Å². The summed E-state index contributed by atoms with van der Waals surface area (Å²) in [5.74, 6) is -2.33. The van der Waals surface area contributed by atoms with Crippen LogP contribution in [0.25, 0.3) is 10.9 Å². The van der Waals surface area contributed by atoms with Crippen molar-refractivity contribution in [1.29, 1.82) is 0 Å². The fraction of sp³-hybridized carbons (Fsp3) is 0.273. The SMILES string of the molecule is CN1C(=O)[C@](O)(Cc2cc(O)cc(Cl)c2)N(C)C(=O)[C@@H]1Cc1c[nH]c2cc(F)cc([N+](=O)[O-])c12. The predicted molar refractivity (Wildman–Crippen MR) is 120 cm³/mol. The minimum atomic E-state index is -2.24. The number of benzene rings is 2. The fourth-order valence-corrected chi connectivity index (χ4v) is 4.62. The molecule has 3 aromatic rings. The zero-order valence-electron chi connectivity index (χ0n) is 18.1. The average molecular weight is 491 g/mol. The van der Waals surface area contributed by atoms with Gasteiger partial charge in [-0.05, 0) is 35.4 Å². The van der Waals surface area contributed by atoms with E-state index in [1.807, 2.05) is 0 Å². The molecule has 1 fully saturated rings. The Labute approximate surface area is 197 Å². The van der Waals surface area contributed by atoms with Crippen molar-refractivity contribution in [2.45, 2.75) is 24.6 Å². The van der Waals surface area contributed by atoms with Crippen LogP contribution in [0.5, 0.6) is 5.75 Å². The van der Waals surface area contributed by atoms with Crippen LogP contribution >= 0.6 is 11.6 Å². The molecular weight excluding hydrogens is 471 g/mol. The van der Waals surface area contributed by atoms with Crippen LogP contribution in [0.3, 0.4) is 0 Å². The van der Waals surface area contributed by atoms with E-state index in [2.05, 4.69) is 4.98 Å². The molecule has 2 heterocycles. The Morgan fingerprint density at radius 1 is 1.24 bits per heavy atom. The number of amides is 2. The van der Waals surface area contributed by atoms with Crippen LogP contribution in [0.15, 0.2) is 36.5 Å². The summed E-state index contributed by atoms with van der Waals surface area (Å²) in [7, 11) is 2.62. The number of nitro benzene ring substituents is 1. The monoisotopic (exact) mass is 490 g/mol. The molecule has 0 saturated carbocycles. The topological polar surface area (TPSA) is 140 Å². The summed E-state index contributed by atoms with van der Waals surface area (Å²) in [6.45, 7) is 0. The molecule has 0 bridgehead atoms. The van der Waals surface area contributed by atoms with Gasteiger partial charge in [0.05, 0.1) is 21.9 Å². The van der Waals surface area contributed by atoms with Crippen molar-refractivity contribution in [2.24, 2.45) is 0 Å². The molecular formula is C22H20ClFN4O6. The molecule has 1 aliphatic heterocycles. The third-order valence-electron chi connectivity index (χ3n) is 6.11. The number of carbonyl (C=O) groups is 2. The largest absolute Gasteiger partial charge is 0.508 e. The van der Waals surface area contributed by atoms with Crippen molar-refractivity contribution < 1.29 is 29.1 Å². The van der Waals surface area contributed by atoms with Crippen molar-refractivity contribution in [2.75, 3.05) is 14.1 Å². The number of aromatic hydroxyl groups is 1. The normalized spacial score (nSPS) is 20.9. The maximum atomic E-state index is 13.8. The standard InChI is InChI=1S/C22H20ClFN4O6/c1-26-18(5-12-10-25-16-7-14(24)8-17(19(12)16)28(33)34)20(30)27(2)22(32,21(26)31)9-11-3-13(23)6-15(29)4-11/h3-4,6-8,10,18,25,29,32H,5,9H2,1-2H3/t18-,22+/m0/s1. The van der Waals surface area contributed by atoms with Gasteiger partial charge in [-0.15, -0.1) is 0 Å². The van der Waals surface area contributed by atoms with E-state index in [4.69, 9.17) is 11.6 Å². The summed E-state index contributed by atoms with van der Waals surface area (Å²) >= 11 is 5.95. The van der Waals surface area contributed by atoms with Crippen LogP contribution in [0.1, 0.15) is 11.1 Å². The highest BCUT2D eigenvalue weighted by atomic mass is 35.5. The first-order valence-corrected chi connectivity index (χ1v) is 10.5. The Bertz CT molecular complexity index is 1320. The molecule has 0 spiro atoms. The highest BCUT2D eigenvalue weighted by Gasteiger charge is 2.53. The lowest BCUT2D eigenvalue weighted by Crippen LogP contribution is -2.70. The number of H-pyrrole nitrogens is 1. The lowest BCUT2D eigenvalue weighted by molar-refractivity contribution is -0.383. The summed E-state index contributed by atoms with van der Waals surface area (Å²) in [6.07, 6.45) is 1.00. The predicted octanol–water partition coefficient (Wildman–Crippen LogP) is 2.35. The number of aliphatic hydroxyl groups is 1. The van der Waals surface area contributed by atoms with Crippen molar-refractivity contribution in [3.63, 3.8) is 0 Å². The molecule has 10 nitrogen and oxygen atoms in total. The first kappa shape index (κ1) is 23.5. The minimum absolute atomic E-state index is 0.105. The van der Waals surface area contributed by atoms with Gasteiger partial charge >= 0.3 is 0 Å². The third kappa shape index (κ3) is 3.82. The van der Waals surface area contributed by atoms with Crippen LogP contribution in [0, 0.1) is 15.9 Å². The van der Waals surface area contributed by atoms with E-state index in [-0.39, 0.29) is 34.5 Å². The van der Waals surface area contributed by atoms with E-state index in [1.165, 1.54) is 38.5 Å². The molecule has 0 radical (unpaired) electrons. The lowest BCUT2D eigenvalue weighted by Gasteiger charge is -2.47. The van der Waals surface area contributed by atoms with Gasteiger partial charge in [-0.25, -0.2) is 4.39 Å². The molecule has 12 heteroatoms. The highest BCUT2D eigenvalue weighted by Crippen LogP contribution is 2.34. The van der Waals surface area contributed by atoms with Gasteiger partial charge in [-0.1, -0.05) is 11.6 Å². The maximum Gasteiger partial charge on any atom is 0.281 e. The molecule has 1 aliphatic rings. The number of hydrogen-bond acceptors (Lipinski definition) is 6. The number of hydrogen-bond donors (Lipinski definition) is 3. The van der Waals surface area contributed by atoms with E-state index < -0.39 is 40.0 Å². The summed E-state index contributed by atoms with van der Waals surface area (Å²) in [6, 6.07) is 4.90. The van der Waals surface area contributed by atoms with Crippen LogP contribution in [-0.4, -0.2) is 67.6 Å². The number of non-ortho nitro benzene ring substituents is 1. The number of nitro groups is 1. The molecule has 4 rings (SSSR count). The number of aromatic amines is 1. The zero-order valence-corrected chi connectivity index (χ0v) is 18.8. The number of fused-ring (bicyclic) bond motifs is 1. The third-order valence-corrected chi connectivity index (χ3v) is 6.33. The van der Waals surface area contributed by atoms with Gasteiger partial charge in [0.25, 0.3) is 11.6 Å². The van der Waals surface area contributed by atoms with Gasteiger partial charge in [0.15, 0.2) is 0 Å².